The molecule has 2 N–H and O–H groups in total. The minimum absolute atomic E-state index is 0.190. The second kappa shape index (κ2) is 10.0. The number of benzene rings is 1. The molecule has 0 atom stereocenters. The molecule has 1 aromatic carbocycles. The smallest absolute Gasteiger partial charge is 0.434 e. The maximum atomic E-state index is 11.9. The maximum Gasteiger partial charge on any atom is 0.513 e. The topological polar surface area (TPSA) is 93.7 Å². The minimum atomic E-state index is -0.790. The SMILES string of the molecule is CCOC(=O)Oc1ccc(C(=O)NCCNC(=O)C=C(C)C)cc1. The van der Waals surface area contributed by atoms with Crippen LogP contribution in [0.25, 0.3) is 0 Å². The molecule has 0 saturated heterocycles. The summed E-state index contributed by atoms with van der Waals surface area (Å²) in [6, 6.07) is 6.07. The monoisotopic (exact) mass is 334 g/mol. The van der Waals surface area contributed by atoms with Gasteiger partial charge in [0.1, 0.15) is 5.75 Å². The van der Waals surface area contributed by atoms with E-state index in [9.17, 15) is 14.4 Å². The molecule has 0 saturated carbocycles. The Bertz CT molecular complexity index is 604. The molecular weight excluding hydrogens is 312 g/mol. The summed E-state index contributed by atoms with van der Waals surface area (Å²) in [6.45, 7) is 6.20. The van der Waals surface area contributed by atoms with Gasteiger partial charge in [-0.25, -0.2) is 4.79 Å². The predicted molar refractivity (Wildman–Crippen MR) is 88.9 cm³/mol. The average Bonchev–Trinajstić information content (AvgIpc) is 2.51. The molecular formula is C17H22N2O5. The van der Waals surface area contributed by atoms with Gasteiger partial charge >= 0.3 is 6.16 Å². The van der Waals surface area contributed by atoms with Gasteiger partial charge < -0.3 is 20.1 Å². The van der Waals surface area contributed by atoms with Crippen LogP contribution in [0.4, 0.5) is 4.79 Å². The van der Waals surface area contributed by atoms with Gasteiger partial charge in [0.25, 0.3) is 5.91 Å². The second-order valence-electron chi connectivity index (χ2n) is 5.08. The van der Waals surface area contributed by atoms with Gasteiger partial charge in [-0.1, -0.05) is 5.57 Å². The lowest BCUT2D eigenvalue weighted by molar-refractivity contribution is -0.116. The van der Waals surface area contributed by atoms with Crippen LogP contribution in [-0.4, -0.2) is 37.7 Å². The number of amides is 2. The third-order valence-electron chi connectivity index (χ3n) is 2.71. The molecule has 0 radical (unpaired) electrons. The van der Waals surface area contributed by atoms with Crippen molar-refractivity contribution in [3.8, 4) is 5.75 Å². The molecule has 0 unspecified atom stereocenters. The molecule has 7 nitrogen and oxygen atoms in total. The maximum absolute atomic E-state index is 11.9. The van der Waals surface area contributed by atoms with Crippen LogP contribution >= 0.6 is 0 Å². The standard InChI is InChI=1S/C17H22N2O5/c1-4-23-17(22)24-14-7-5-13(6-8-14)16(21)19-10-9-18-15(20)11-12(2)3/h5-8,11H,4,9-10H2,1-3H3,(H,18,20)(H,19,21). The van der Waals surface area contributed by atoms with E-state index in [1.807, 2.05) is 13.8 Å². The van der Waals surface area contributed by atoms with E-state index < -0.39 is 6.16 Å². The van der Waals surface area contributed by atoms with Crippen molar-refractivity contribution in [1.82, 2.24) is 10.6 Å². The molecule has 0 aromatic heterocycles. The highest BCUT2D eigenvalue weighted by Gasteiger charge is 2.08. The normalized spacial score (nSPS) is 9.62. The van der Waals surface area contributed by atoms with Gasteiger partial charge in [-0.3, -0.25) is 9.59 Å². The van der Waals surface area contributed by atoms with Crippen molar-refractivity contribution in [3.63, 3.8) is 0 Å². The highest BCUT2D eigenvalue weighted by molar-refractivity contribution is 5.94. The summed E-state index contributed by atoms with van der Waals surface area (Å²) in [6.07, 6.45) is 0.700. The van der Waals surface area contributed by atoms with Crippen molar-refractivity contribution in [2.75, 3.05) is 19.7 Å². The van der Waals surface area contributed by atoms with Gasteiger partial charge in [0, 0.05) is 24.7 Å². The number of hydrogen-bond acceptors (Lipinski definition) is 5. The fourth-order valence-electron chi connectivity index (χ4n) is 1.69. The number of nitrogens with one attached hydrogen (secondary N) is 2. The van der Waals surface area contributed by atoms with Crippen LogP contribution < -0.4 is 15.4 Å². The zero-order valence-corrected chi connectivity index (χ0v) is 14.0. The molecule has 2 amide bonds. The van der Waals surface area contributed by atoms with Crippen molar-refractivity contribution in [1.29, 1.82) is 0 Å². The van der Waals surface area contributed by atoms with Crippen molar-refractivity contribution in [2.45, 2.75) is 20.8 Å². The van der Waals surface area contributed by atoms with Crippen LogP contribution in [0.3, 0.4) is 0 Å². The molecule has 0 fully saturated rings. The summed E-state index contributed by atoms with van der Waals surface area (Å²) in [5, 5.41) is 5.34. The number of carbonyl (C=O) groups excluding carboxylic acids is 3. The van der Waals surface area contributed by atoms with Gasteiger partial charge in [-0.05, 0) is 45.0 Å². The van der Waals surface area contributed by atoms with E-state index in [1.54, 1.807) is 6.92 Å². The van der Waals surface area contributed by atoms with Crippen molar-refractivity contribution >= 4 is 18.0 Å². The Morgan fingerprint density at radius 2 is 1.67 bits per heavy atom. The quantitative estimate of drug-likeness (QED) is 0.344. The Labute approximate surface area is 141 Å². The highest BCUT2D eigenvalue weighted by atomic mass is 16.7. The fraction of sp³-hybridized carbons (Fsp3) is 0.353. The molecule has 0 aliphatic rings. The van der Waals surface area contributed by atoms with Crippen molar-refractivity contribution in [3.05, 3.63) is 41.5 Å². The molecule has 7 heteroatoms. The van der Waals surface area contributed by atoms with E-state index in [1.165, 1.54) is 30.3 Å². The number of allylic oxidation sites excluding steroid dienone is 1. The number of rotatable bonds is 7. The van der Waals surface area contributed by atoms with Crippen LogP contribution in [0.1, 0.15) is 31.1 Å². The molecule has 24 heavy (non-hydrogen) atoms. The molecule has 0 spiro atoms. The third-order valence-corrected chi connectivity index (χ3v) is 2.71. The predicted octanol–water partition coefficient (Wildman–Crippen LogP) is 2.03. The largest absolute Gasteiger partial charge is 0.513 e. The molecule has 0 bridgehead atoms. The lowest BCUT2D eigenvalue weighted by atomic mass is 10.2. The van der Waals surface area contributed by atoms with Gasteiger partial charge in [-0.15, -0.1) is 0 Å². The summed E-state index contributed by atoms with van der Waals surface area (Å²) < 4.78 is 9.55. The van der Waals surface area contributed by atoms with Crippen molar-refractivity contribution in [2.24, 2.45) is 0 Å². The first-order chi connectivity index (χ1) is 11.4. The van der Waals surface area contributed by atoms with E-state index in [0.717, 1.165) is 5.57 Å². The fourth-order valence-corrected chi connectivity index (χ4v) is 1.69. The summed E-state index contributed by atoms with van der Waals surface area (Å²) in [7, 11) is 0. The van der Waals surface area contributed by atoms with Crippen molar-refractivity contribution < 1.29 is 23.9 Å². The van der Waals surface area contributed by atoms with Gasteiger partial charge in [0.2, 0.25) is 5.91 Å². The summed E-state index contributed by atoms with van der Waals surface area (Å²) in [4.78, 5) is 34.5. The summed E-state index contributed by atoms with van der Waals surface area (Å²) >= 11 is 0. The number of ether oxygens (including phenoxy) is 2. The van der Waals surface area contributed by atoms with Gasteiger partial charge in [0.05, 0.1) is 6.61 Å². The Balaban J connectivity index is 2.39. The van der Waals surface area contributed by atoms with Crippen LogP contribution in [0.15, 0.2) is 35.9 Å². The third kappa shape index (κ3) is 7.44. The molecule has 1 aromatic rings. The molecule has 0 aliphatic carbocycles. The first-order valence-electron chi connectivity index (χ1n) is 7.58. The number of hydrogen-bond donors (Lipinski definition) is 2. The van der Waals surface area contributed by atoms with Gasteiger partial charge in [-0.2, -0.15) is 0 Å². The number of carbonyl (C=O) groups is 3. The summed E-state index contributed by atoms with van der Waals surface area (Å²) in [5.41, 5.74) is 1.32. The van der Waals surface area contributed by atoms with E-state index in [0.29, 0.717) is 24.4 Å². The van der Waals surface area contributed by atoms with Crippen LogP contribution in [0.2, 0.25) is 0 Å². The van der Waals surface area contributed by atoms with E-state index >= 15 is 0 Å². The van der Waals surface area contributed by atoms with Crippen LogP contribution in [-0.2, 0) is 9.53 Å². The minimum Gasteiger partial charge on any atom is -0.434 e. The van der Waals surface area contributed by atoms with Crippen LogP contribution in [0.5, 0.6) is 5.75 Å². The second-order valence-corrected chi connectivity index (χ2v) is 5.08. The Morgan fingerprint density at radius 1 is 1.04 bits per heavy atom. The highest BCUT2D eigenvalue weighted by Crippen LogP contribution is 2.12. The van der Waals surface area contributed by atoms with E-state index in [2.05, 4.69) is 15.4 Å². The lowest BCUT2D eigenvalue weighted by Gasteiger charge is -2.07. The molecule has 130 valence electrons. The zero-order chi connectivity index (χ0) is 17.9. The molecule has 0 heterocycles. The summed E-state index contributed by atoms with van der Waals surface area (Å²) in [5.74, 6) is -0.183. The Hall–Kier alpha value is -2.83. The van der Waals surface area contributed by atoms with Gasteiger partial charge in [0.15, 0.2) is 0 Å². The first-order valence-corrected chi connectivity index (χ1v) is 7.58. The van der Waals surface area contributed by atoms with E-state index in [4.69, 9.17) is 4.74 Å². The molecule has 1 rings (SSSR count). The van der Waals surface area contributed by atoms with Crippen LogP contribution in [0, 0.1) is 0 Å². The first kappa shape index (κ1) is 19.2. The zero-order valence-electron chi connectivity index (χ0n) is 14.0. The lowest BCUT2D eigenvalue weighted by Crippen LogP contribution is -2.34. The Kier molecular flexibility index (Phi) is 8.04. The Morgan fingerprint density at radius 3 is 2.25 bits per heavy atom. The average molecular weight is 334 g/mol. The molecule has 0 aliphatic heterocycles. The van der Waals surface area contributed by atoms with E-state index in [-0.39, 0.29) is 18.4 Å².